The van der Waals surface area contributed by atoms with Crippen molar-refractivity contribution in [3.63, 3.8) is 0 Å². The van der Waals surface area contributed by atoms with Gasteiger partial charge in [-0.3, -0.25) is 0 Å². The van der Waals surface area contributed by atoms with Crippen molar-refractivity contribution in [2.24, 2.45) is 0 Å². The molecule has 0 fully saturated rings. The number of nitrogens with one attached hydrogen (secondary N) is 1. The van der Waals surface area contributed by atoms with Crippen molar-refractivity contribution >= 4 is 0 Å². The van der Waals surface area contributed by atoms with Gasteiger partial charge in [0.15, 0.2) is 0 Å². The predicted molar refractivity (Wildman–Crippen MR) is 92.0 cm³/mol. The van der Waals surface area contributed by atoms with Gasteiger partial charge >= 0.3 is 0 Å². The van der Waals surface area contributed by atoms with Gasteiger partial charge in [-0.25, -0.2) is 0 Å². The highest BCUT2D eigenvalue weighted by molar-refractivity contribution is 5.41. The lowest BCUT2D eigenvalue weighted by molar-refractivity contribution is 0.467. The highest BCUT2D eigenvalue weighted by atomic mass is 14.9. The van der Waals surface area contributed by atoms with Crippen molar-refractivity contribution in [3.05, 3.63) is 70.8 Å². The normalized spacial score (nSPS) is 13.9. The van der Waals surface area contributed by atoms with Gasteiger partial charge in [0.05, 0.1) is 0 Å². The van der Waals surface area contributed by atoms with E-state index in [-0.39, 0.29) is 0 Å². The second kappa shape index (κ2) is 7.42. The first-order valence-electron chi connectivity index (χ1n) is 7.96. The third-order valence-electron chi connectivity index (χ3n) is 4.30. The van der Waals surface area contributed by atoms with E-state index in [1.165, 1.54) is 35.1 Å². The molecule has 21 heavy (non-hydrogen) atoms. The molecule has 0 saturated heterocycles. The van der Waals surface area contributed by atoms with Crippen LogP contribution >= 0.6 is 0 Å². The summed E-state index contributed by atoms with van der Waals surface area (Å²) >= 11 is 0. The molecule has 2 atom stereocenters. The average Bonchev–Trinajstić information content (AvgIpc) is 2.51. The van der Waals surface area contributed by atoms with E-state index in [1.807, 2.05) is 0 Å². The van der Waals surface area contributed by atoms with Crippen LogP contribution in [0.3, 0.4) is 0 Å². The summed E-state index contributed by atoms with van der Waals surface area (Å²) in [4.78, 5) is 0. The van der Waals surface area contributed by atoms with Crippen molar-refractivity contribution in [2.45, 2.75) is 45.6 Å². The van der Waals surface area contributed by atoms with E-state index in [9.17, 15) is 0 Å². The molecule has 0 aromatic heterocycles. The summed E-state index contributed by atoms with van der Waals surface area (Å²) in [6.07, 6.45) is 2.38. The lowest BCUT2D eigenvalue weighted by Gasteiger charge is -2.29. The number of likely N-dealkylation sites (N-methyl/N-ethyl adjacent to an activating group) is 1. The smallest absolute Gasteiger partial charge is 0.0246 e. The SMILES string of the molecule is CCCC(NC)C(c1ccccc1)c1cc(C)ccc1C. The van der Waals surface area contributed by atoms with Crippen molar-refractivity contribution in [1.29, 1.82) is 0 Å². The van der Waals surface area contributed by atoms with E-state index in [1.54, 1.807) is 0 Å². The topological polar surface area (TPSA) is 12.0 Å². The van der Waals surface area contributed by atoms with E-state index >= 15 is 0 Å². The molecular formula is C20H27N. The molecule has 0 amide bonds. The van der Waals surface area contributed by atoms with Crippen LogP contribution in [0.4, 0.5) is 0 Å². The first-order valence-corrected chi connectivity index (χ1v) is 7.96. The second-order valence-corrected chi connectivity index (χ2v) is 5.93. The summed E-state index contributed by atoms with van der Waals surface area (Å²) in [5.41, 5.74) is 5.57. The van der Waals surface area contributed by atoms with Crippen LogP contribution in [0.25, 0.3) is 0 Å². The Kier molecular flexibility index (Phi) is 5.58. The molecule has 0 aliphatic heterocycles. The monoisotopic (exact) mass is 281 g/mol. The van der Waals surface area contributed by atoms with Crippen molar-refractivity contribution < 1.29 is 0 Å². The molecule has 0 bridgehead atoms. The lowest BCUT2D eigenvalue weighted by Crippen LogP contribution is -2.33. The zero-order valence-corrected chi connectivity index (χ0v) is 13.7. The Morgan fingerprint density at radius 1 is 1.00 bits per heavy atom. The summed E-state index contributed by atoms with van der Waals surface area (Å²) in [5.74, 6) is 0.413. The maximum absolute atomic E-state index is 3.55. The predicted octanol–water partition coefficient (Wildman–Crippen LogP) is 4.82. The van der Waals surface area contributed by atoms with Crippen molar-refractivity contribution in [3.8, 4) is 0 Å². The first-order chi connectivity index (χ1) is 10.2. The molecule has 2 aromatic carbocycles. The van der Waals surface area contributed by atoms with Crippen molar-refractivity contribution in [1.82, 2.24) is 5.32 Å². The molecule has 0 spiro atoms. The molecule has 2 unspecified atom stereocenters. The summed E-state index contributed by atoms with van der Waals surface area (Å²) in [6.45, 7) is 6.66. The molecule has 0 aliphatic rings. The fourth-order valence-corrected chi connectivity index (χ4v) is 3.17. The van der Waals surface area contributed by atoms with Gasteiger partial charge in [-0.1, -0.05) is 67.4 Å². The van der Waals surface area contributed by atoms with Gasteiger partial charge in [-0.05, 0) is 44.0 Å². The van der Waals surface area contributed by atoms with Gasteiger partial charge in [0, 0.05) is 12.0 Å². The van der Waals surface area contributed by atoms with Crippen LogP contribution in [-0.2, 0) is 0 Å². The zero-order chi connectivity index (χ0) is 15.2. The minimum atomic E-state index is 0.413. The standard InChI is InChI=1S/C20H27N/c1-5-9-19(21-4)20(17-10-7-6-8-11-17)18-14-15(2)12-13-16(18)3/h6-8,10-14,19-21H,5,9H2,1-4H3. The van der Waals surface area contributed by atoms with Gasteiger partial charge in [0.2, 0.25) is 0 Å². The summed E-state index contributed by atoms with van der Waals surface area (Å²) in [5, 5.41) is 3.55. The molecule has 1 N–H and O–H groups in total. The number of aryl methyl sites for hydroxylation is 2. The molecular weight excluding hydrogens is 254 g/mol. The lowest BCUT2D eigenvalue weighted by atomic mass is 9.81. The molecule has 0 radical (unpaired) electrons. The van der Waals surface area contributed by atoms with Crippen LogP contribution in [0.1, 0.15) is 47.9 Å². The Balaban J connectivity index is 2.52. The Hall–Kier alpha value is -1.60. The number of rotatable bonds is 6. The van der Waals surface area contributed by atoms with Crippen LogP contribution in [0.2, 0.25) is 0 Å². The van der Waals surface area contributed by atoms with Crippen LogP contribution in [0.15, 0.2) is 48.5 Å². The third kappa shape index (κ3) is 3.74. The molecule has 2 aromatic rings. The number of hydrogen-bond acceptors (Lipinski definition) is 1. The van der Waals surface area contributed by atoms with Gasteiger partial charge in [0.1, 0.15) is 0 Å². The van der Waals surface area contributed by atoms with E-state index in [0.717, 1.165) is 0 Å². The van der Waals surface area contributed by atoms with Gasteiger partial charge in [-0.2, -0.15) is 0 Å². The average molecular weight is 281 g/mol. The maximum atomic E-state index is 3.55. The fraction of sp³-hybridized carbons (Fsp3) is 0.400. The summed E-state index contributed by atoms with van der Waals surface area (Å²) in [7, 11) is 2.08. The van der Waals surface area contributed by atoms with Gasteiger partial charge in [0.25, 0.3) is 0 Å². The van der Waals surface area contributed by atoms with Crippen LogP contribution in [0.5, 0.6) is 0 Å². The number of benzene rings is 2. The Labute approximate surface area is 129 Å². The molecule has 1 nitrogen and oxygen atoms in total. The molecule has 1 heteroatoms. The Morgan fingerprint density at radius 3 is 2.33 bits per heavy atom. The maximum Gasteiger partial charge on any atom is 0.0246 e. The van der Waals surface area contributed by atoms with Crippen molar-refractivity contribution in [2.75, 3.05) is 7.05 Å². The second-order valence-electron chi connectivity index (χ2n) is 5.93. The summed E-state index contributed by atoms with van der Waals surface area (Å²) < 4.78 is 0. The van der Waals surface area contributed by atoms with E-state index in [2.05, 4.69) is 81.7 Å². The minimum absolute atomic E-state index is 0.413. The molecule has 0 aliphatic carbocycles. The highest BCUT2D eigenvalue weighted by Gasteiger charge is 2.24. The number of hydrogen-bond donors (Lipinski definition) is 1. The largest absolute Gasteiger partial charge is 0.316 e. The zero-order valence-electron chi connectivity index (χ0n) is 13.7. The Bertz CT molecular complexity index is 559. The van der Waals surface area contributed by atoms with Crippen LogP contribution in [-0.4, -0.2) is 13.1 Å². The fourth-order valence-electron chi connectivity index (χ4n) is 3.17. The van der Waals surface area contributed by atoms with E-state index in [0.29, 0.717) is 12.0 Å². The van der Waals surface area contributed by atoms with Gasteiger partial charge < -0.3 is 5.32 Å². The third-order valence-corrected chi connectivity index (χ3v) is 4.30. The molecule has 2 rings (SSSR count). The highest BCUT2D eigenvalue weighted by Crippen LogP contribution is 2.32. The Morgan fingerprint density at radius 2 is 1.71 bits per heavy atom. The minimum Gasteiger partial charge on any atom is -0.316 e. The molecule has 112 valence electrons. The van der Waals surface area contributed by atoms with Crippen LogP contribution in [0, 0.1) is 13.8 Å². The quantitative estimate of drug-likeness (QED) is 0.800. The van der Waals surface area contributed by atoms with Gasteiger partial charge in [-0.15, -0.1) is 0 Å². The molecule has 0 saturated carbocycles. The van der Waals surface area contributed by atoms with E-state index < -0.39 is 0 Å². The van der Waals surface area contributed by atoms with E-state index in [4.69, 9.17) is 0 Å². The van der Waals surface area contributed by atoms with Crippen LogP contribution < -0.4 is 5.32 Å². The molecule has 0 heterocycles. The first kappa shape index (κ1) is 15.8. The summed E-state index contributed by atoms with van der Waals surface area (Å²) in [6, 6.07) is 18.2.